The molecule has 0 saturated carbocycles. The number of hydrogen-bond acceptors (Lipinski definition) is 8. The summed E-state index contributed by atoms with van der Waals surface area (Å²) in [6.45, 7) is 2.42. The van der Waals surface area contributed by atoms with Crippen LogP contribution in [0, 0.1) is 6.92 Å². The molecular formula is C39H33N5O3S. The highest BCUT2D eigenvalue weighted by Gasteiger charge is 2.19. The number of aryl methyl sites for hydroxylation is 1. The molecule has 0 unspecified atom stereocenters. The highest BCUT2D eigenvalue weighted by Crippen LogP contribution is 2.30. The Bertz CT molecular complexity index is 2230. The van der Waals surface area contributed by atoms with E-state index in [4.69, 9.17) is 19.4 Å². The van der Waals surface area contributed by atoms with Gasteiger partial charge in [0.2, 0.25) is 0 Å². The van der Waals surface area contributed by atoms with Crippen molar-refractivity contribution in [1.82, 2.24) is 19.5 Å². The van der Waals surface area contributed by atoms with Gasteiger partial charge in [0.25, 0.3) is 5.56 Å². The molecule has 0 bridgehead atoms. The number of hydrogen-bond donors (Lipinski definition) is 1. The SMILES string of the molecule is COc1ccc(Cn2c(COc3ccc(Cc4ccccc4)cc3)nc3c(-c4csc(Nc5ccccc5)n4)nccc3c2=O)c(C)c1. The van der Waals surface area contributed by atoms with Crippen LogP contribution in [0.4, 0.5) is 10.8 Å². The highest BCUT2D eigenvalue weighted by molar-refractivity contribution is 7.14. The van der Waals surface area contributed by atoms with Gasteiger partial charge in [-0.3, -0.25) is 14.3 Å². The van der Waals surface area contributed by atoms with Crippen molar-refractivity contribution in [2.45, 2.75) is 26.5 Å². The van der Waals surface area contributed by atoms with Crippen LogP contribution in [0.1, 0.15) is 28.1 Å². The molecule has 0 atom stereocenters. The number of nitrogens with one attached hydrogen (secondary N) is 1. The Hall–Kier alpha value is -5.80. The van der Waals surface area contributed by atoms with Gasteiger partial charge in [-0.15, -0.1) is 11.3 Å². The van der Waals surface area contributed by atoms with Crippen LogP contribution in [0.3, 0.4) is 0 Å². The van der Waals surface area contributed by atoms with Crippen molar-refractivity contribution < 1.29 is 9.47 Å². The molecule has 0 aliphatic heterocycles. The second kappa shape index (κ2) is 13.9. The fourth-order valence-corrected chi connectivity index (χ4v) is 6.28. The van der Waals surface area contributed by atoms with E-state index in [-0.39, 0.29) is 12.2 Å². The van der Waals surface area contributed by atoms with Gasteiger partial charge in [-0.05, 0) is 78.1 Å². The van der Waals surface area contributed by atoms with Crippen LogP contribution < -0.4 is 20.3 Å². The number of nitrogens with zero attached hydrogens (tertiary/aromatic N) is 4. The standard InChI is InChI=1S/C39H33N5O3S/c1-26-21-32(46-2)18-15-29(26)23-44-35(24-47-31-16-13-28(14-17-31)22-27-9-5-3-6-10-27)43-36-33(38(44)45)19-20-40-37(36)34-25-48-39(42-34)41-30-11-7-4-8-12-30/h3-21,25H,22-24H2,1-2H3,(H,41,42). The fraction of sp³-hybridized carbons (Fsp3) is 0.128. The molecule has 8 nitrogen and oxygen atoms in total. The fourth-order valence-electron chi connectivity index (χ4n) is 5.56. The number of fused-ring (bicyclic) bond motifs is 1. The Kier molecular flexibility index (Phi) is 8.93. The first kappa shape index (κ1) is 30.8. The average Bonchev–Trinajstić information content (AvgIpc) is 3.58. The van der Waals surface area contributed by atoms with Crippen molar-refractivity contribution in [2.75, 3.05) is 12.4 Å². The van der Waals surface area contributed by atoms with Gasteiger partial charge < -0.3 is 14.8 Å². The summed E-state index contributed by atoms with van der Waals surface area (Å²) in [4.78, 5) is 28.7. The van der Waals surface area contributed by atoms with Gasteiger partial charge in [0.05, 0.1) is 19.0 Å². The Balaban J connectivity index is 1.23. The zero-order chi connectivity index (χ0) is 32.9. The number of methoxy groups -OCH3 is 1. The normalized spacial score (nSPS) is 11.0. The minimum atomic E-state index is -0.173. The molecular weight excluding hydrogens is 619 g/mol. The van der Waals surface area contributed by atoms with Crippen LogP contribution >= 0.6 is 11.3 Å². The van der Waals surface area contributed by atoms with Crippen LogP contribution in [-0.4, -0.2) is 26.6 Å². The zero-order valence-electron chi connectivity index (χ0n) is 26.6. The Morgan fingerprint density at radius 3 is 2.31 bits per heavy atom. The van der Waals surface area contributed by atoms with Crippen molar-refractivity contribution in [2.24, 2.45) is 0 Å². The quantitative estimate of drug-likeness (QED) is 0.151. The maximum Gasteiger partial charge on any atom is 0.261 e. The first-order valence-corrected chi connectivity index (χ1v) is 16.5. The van der Waals surface area contributed by atoms with E-state index in [9.17, 15) is 4.79 Å². The molecule has 9 heteroatoms. The lowest BCUT2D eigenvalue weighted by atomic mass is 10.1. The summed E-state index contributed by atoms with van der Waals surface area (Å²) < 4.78 is 13.4. The van der Waals surface area contributed by atoms with Gasteiger partial charge in [-0.25, -0.2) is 9.97 Å². The van der Waals surface area contributed by atoms with Gasteiger partial charge in [-0.1, -0.05) is 66.7 Å². The number of anilines is 2. The zero-order valence-corrected chi connectivity index (χ0v) is 27.4. The molecule has 7 aromatic rings. The second-order valence-corrected chi connectivity index (χ2v) is 12.2. The third-order valence-electron chi connectivity index (χ3n) is 8.14. The van der Waals surface area contributed by atoms with E-state index in [1.165, 1.54) is 22.5 Å². The van der Waals surface area contributed by atoms with Crippen molar-refractivity contribution in [3.05, 3.63) is 159 Å². The molecule has 0 spiro atoms. The summed E-state index contributed by atoms with van der Waals surface area (Å²) in [5, 5.41) is 6.44. The maximum atomic E-state index is 14.2. The molecule has 3 aromatic heterocycles. The van der Waals surface area contributed by atoms with Crippen LogP contribution in [-0.2, 0) is 19.6 Å². The second-order valence-electron chi connectivity index (χ2n) is 11.4. The third-order valence-corrected chi connectivity index (χ3v) is 8.90. The number of thiazole rings is 1. The third kappa shape index (κ3) is 6.82. The van der Waals surface area contributed by atoms with Crippen LogP contribution in [0.2, 0.25) is 0 Å². The van der Waals surface area contributed by atoms with Crippen LogP contribution in [0.25, 0.3) is 22.3 Å². The lowest BCUT2D eigenvalue weighted by molar-refractivity contribution is 0.288. The maximum absolute atomic E-state index is 14.2. The number of pyridine rings is 1. The Morgan fingerprint density at radius 1 is 0.833 bits per heavy atom. The summed E-state index contributed by atoms with van der Waals surface area (Å²) >= 11 is 1.47. The highest BCUT2D eigenvalue weighted by atomic mass is 32.1. The number of para-hydroxylation sites is 1. The molecule has 0 amide bonds. The van der Waals surface area contributed by atoms with Gasteiger partial charge >= 0.3 is 0 Å². The van der Waals surface area contributed by atoms with E-state index in [0.717, 1.165) is 34.1 Å². The molecule has 3 heterocycles. The minimum absolute atomic E-state index is 0.0879. The number of aromatic nitrogens is 4. The molecule has 1 N–H and O–H groups in total. The molecule has 4 aromatic carbocycles. The summed E-state index contributed by atoms with van der Waals surface area (Å²) in [5.74, 6) is 1.94. The van der Waals surface area contributed by atoms with E-state index in [2.05, 4.69) is 34.6 Å². The van der Waals surface area contributed by atoms with Crippen molar-refractivity contribution in [3.8, 4) is 22.9 Å². The summed E-state index contributed by atoms with van der Waals surface area (Å²) in [6, 6.07) is 35.8. The van der Waals surface area contributed by atoms with E-state index >= 15 is 0 Å². The van der Waals surface area contributed by atoms with Crippen molar-refractivity contribution >= 4 is 33.1 Å². The van der Waals surface area contributed by atoms with Gasteiger partial charge in [0, 0.05) is 17.3 Å². The molecule has 0 saturated heterocycles. The topological polar surface area (TPSA) is 91.2 Å². The molecule has 0 radical (unpaired) electrons. The van der Waals surface area contributed by atoms with E-state index in [1.807, 2.05) is 91.2 Å². The predicted octanol–water partition coefficient (Wildman–Crippen LogP) is 8.19. The number of benzene rings is 4. The van der Waals surface area contributed by atoms with E-state index in [0.29, 0.717) is 40.4 Å². The van der Waals surface area contributed by atoms with Gasteiger partial charge in [0.15, 0.2) is 11.0 Å². The summed E-state index contributed by atoms with van der Waals surface area (Å²) in [5.41, 5.74) is 6.86. The molecule has 0 aliphatic rings. The lowest BCUT2D eigenvalue weighted by Crippen LogP contribution is -2.27. The Morgan fingerprint density at radius 2 is 1.56 bits per heavy atom. The molecule has 0 fully saturated rings. The number of rotatable bonds is 11. The Labute approximate surface area is 282 Å². The average molecular weight is 652 g/mol. The van der Waals surface area contributed by atoms with Gasteiger partial charge in [0.1, 0.15) is 35.0 Å². The first-order valence-electron chi connectivity index (χ1n) is 15.6. The molecule has 238 valence electrons. The van der Waals surface area contributed by atoms with Crippen molar-refractivity contribution in [3.63, 3.8) is 0 Å². The largest absolute Gasteiger partial charge is 0.497 e. The predicted molar refractivity (Wildman–Crippen MR) is 191 cm³/mol. The number of ether oxygens (including phenoxy) is 2. The minimum Gasteiger partial charge on any atom is -0.497 e. The van der Waals surface area contributed by atoms with Crippen molar-refractivity contribution in [1.29, 1.82) is 0 Å². The van der Waals surface area contributed by atoms with E-state index < -0.39 is 0 Å². The van der Waals surface area contributed by atoms with E-state index in [1.54, 1.807) is 23.9 Å². The summed E-state index contributed by atoms with van der Waals surface area (Å²) in [6.07, 6.45) is 2.48. The monoisotopic (exact) mass is 651 g/mol. The summed E-state index contributed by atoms with van der Waals surface area (Å²) in [7, 11) is 1.64. The van der Waals surface area contributed by atoms with Crippen LogP contribution in [0.5, 0.6) is 11.5 Å². The molecule has 0 aliphatic carbocycles. The molecule has 48 heavy (non-hydrogen) atoms. The lowest BCUT2D eigenvalue weighted by Gasteiger charge is -2.17. The molecule has 7 rings (SSSR count). The van der Waals surface area contributed by atoms with Crippen LogP contribution in [0.15, 0.2) is 126 Å². The first-order chi connectivity index (χ1) is 23.5. The smallest absolute Gasteiger partial charge is 0.261 e. The van der Waals surface area contributed by atoms with Gasteiger partial charge in [-0.2, -0.15) is 0 Å².